The number of nitriles is 1. The van der Waals surface area contributed by atoms with Crippen LogP contribution in [-0.4, -0.2) is 29.1 Å². The van der Waals surface area contributed by atoms with Gasteiger partial charge in [-0.2, -0.15) is 5.26 Å². The maximum absolute atomic E-state index is 11.4. The van der Waals surface area contributed by atoms with Crippen LogP contribution in [0.4, 0.5) is 5.82 Å². The highest BCUT2D eigenvalue weighted by Gasteiger charge is 2.40. The smallest absolute Gasteiger partial charge is 0.309 e. The second-order valence-corrected chi connectivity index (χ2v) is 5.36. The van der Waals surface area contributed by atoms with E-state index in [4.69, 9.17) is 0 Å². The second kappa shape index (κ2) is 5.49. The number of aryl methyl sites for hydroxylation is 1. The molecule has 0 spiro atoms. The lowest BCUT2D eigenvalue weighted by Crippen LogP contribution is -2.44. The molecule has 0 bridgehead atoms. The summed E-state index contributed by atoms with van der Waals surface area (Å²) in [5, 5.41) is 18.7. The molecule has 2 rings (SSSR count). The Balaban J connectivity index is 2.22. The molecule has 2 heterocycles. The largest absolute Gasteiger partial charge is 0.481 e. The first-order valence-corrected chi connectivity index (χ1v) is 6.88. The van der Waals surface area contributed by atoms with Crippen LogP contribution < -0.4 is 4.90 Å². The fourth-order valence-electron chi connectivity index (χ4n) is 2.79. The number of aliphatic carboxylic acids is 1. The van der Waals surface area contributed by atoms with Gasteiger partial charge < -0.3 is 10.0 Å². The third-order valence-electron chi connectivity index (χ3n) is 4.40. The van der Waals surface area contributed by atoms with E-state index in [1.807, 2.05) is 24.8 Å². The Morgan fingerprint density at radius 1 is 1.55 bits per heavy atom. The van der Waals surface area contributed by atoms with Crippen molar-refractivity contribution >= 4 is 11.8 Å². The van der Waals surface area contributed by atoms with Gasteiger partial charge in [0.05, 0.1) is 11.0 Å². The van der Waals surface area contributed by atoms with E-state index in [1.54, 1.807) is 6.20 Å². The number of nitrogens with zero attached hydrogens (tertiary/aromatic N) is 3. The van der Waals surface area contributed by atoms with Crippen molar-refractivity contribution in [1.29, 1.82) is 5.26 Å². The minimum atomic E-state index is -0.711. The molecular weight excluding hydrogens is 254 g/mol. The molecule has 0 atom stereocenters. The van der Waals surface area contributed by atoms with Crippen LogP contribution in [0.3, 0.4) is 0 Å². The topological polar surface area (TPSA) is 77.2 Å². The first kappa shape index (κ1) is 14.3. The summed E-state index contributed by atoms with van der Waals surface area (Å²) in [6.07, 6.45) is 3.53. The third kappa shape index (κ3) is 2.34. The highest BCUT2D eigenvalue weighted by Crippen LogP contribution is 2.37. The van der Waals surface area contributed by atoms with Gasteiger partial charge in [-0.3, -0.25) is 4.79 Å². The molecule has 20 heavy (non-hydrogen) atoms. The van der Waals surface area contributed by atoms with Gasteiger partial charge >= 0.3 is 5.97 Å². The lowest BCUT2D eigenvalue weighted by atomic mass is 9.76. The van der Waals surface area contributed by atoms with Crippen LogP contribution >= 0.6 is 0 Å². The van der Waals surface area contributed by atoms with Crippen molar-refractivity contribution in [2.24, 2.45) is 5.41 Å². The molecule has 0 unspecified atom stereocenters. The molecule has 1 saturated heterocycles. The molecule has 0 radical (unpaired) electrons. The number of piperidine rings is 1. The SMILES string of the molecule is CCC1(C(=O)O)CCN(c2nccc(C)c2C#N)CC1. The Morgan fingerprint density at radius 2 is 2.20 bits per heavy atom. The molecule has 1 fully saturated rings. The molecule has 1 aromatic rings. The zero-order valence-electron chi connectivity index (χ0n) is 11.9. The van der Waals surface area contributed by atoms with Gasteiger partial charge in [0.2, 0.25) is 0 Å². The molecule has 0 amide bonds. The molecule has 1 aliphatic heterocycles. The predicted molar refractivity (Wildman–Crippen MR) is 75.5 cm³/mol. The number of hydrogen-bond donors (Lipinski definition) is 1. The molecule has 5 heteroatoms. The van der Waals surface area contributed by atoms with Gasteiger partial charge in [0.25, 0.3) is 0 Å². The number of aromatic nitrogens is 1. The average Bonchev–Trinajstić information content (AvgIpc) is 2.47. The molecule has 1 aromatic heterocycles. The fraction of sp³-hybridized carbons (Fsp3) is 0.533. The first-order valence-electron chi connectivity index (χ1n) is 6.88. The minimum absolute atomic E-state index is 0.590. The van der Waals surface area contributed by atoms with E-state index in [2.05, 4.69) is 11.1 Å². The van der Waals surface area contributed by atoms with Gasteiger partial charge in [0.15, 0.2) is 0 Å². The van der Waals surface area contributed by atoms with Crippen molar-refractivity contribution in [3.05, 3.63) is 23.4 Å². The highest BCUT2D eigenvalue weighted by atomic mass is 16.4. The Hall–Kier alpha value is -2.09. The number of hydrogen-bond acceptors (Lipinski definition) is 4. The molecule has 0 saturated carbocycles. The van der Waals surface area contributed by atoms with Crippen molar-refractivity contribution in [3.63, 3.8) is 0 Å². The lowest BCUT2D eigenvalue weighted by Gasteiger charge is -2.39. The number of anilines is 1. The third-order valence-corrected chi connectivity index (χ3v) is 4.40. The summed E-state index contributed by atoms with van der Waals surface area (Å²) in [6.45, 7) is 5.08. The highest BCUT2D eigenvalue weighted by molar-refractivity contribution is 5.75. The monoisotopic (exact) mass is 273 g/mol. The summed E-state index contributed by atoms with van der Waals surface area (Å²) >= 11 is 0. The number of carboxylic acids is 1. The van der Waals surface area contributed by atoms with Crippen molar-refractivity contribution in [2.75, 3.05) is 18.0 Å². The number of rotatable bonds is 3. The van der Waals surface area contributed by atoms with Crippen LogP contribution in [0.5, 0.6) is 0 Å². The molecular formula is C15H19N3O2. The van der Waals surface area contributed by atoms with Crippen LogP contribution in [-0.2, 0) is 4.79 Å². The molecule has 1 N–H and O–H groups in total. The average molecular weight is 273 g/mol. The van der Waals surface area contributed by atoms with Gasteiger partial charge in [0.1, 0.15) is 11.9 Å². The quantitative estimate of drug-likeness (QED) is 0.914. The van der Waals surface area contributed by atoms with E-state index in [-0.39, 0.29) is 0 Å². The second-order valence-electron chi connectivity index (χ2n) is 5.36. The molecule has 106 valence electrons. The maximum atomic E-state index is 11.4. The lowest BCUT2D eigenvalue weighted by molar-refractivity contribution is -0.150. The predicted octanol–water partition coefficient (Wildman–Crippen LogP) is 2.34. The van der Waals surface area contributed by atoms with Gasteiger partial charge in [-0.15, -0.1) is 0 Å². The summed E-state index contributed by atoms with van der Waals surface area (Å²) in [7, 11) is 0. The molecule has 1 aliphatic rings. The van der Waals surface area contributed by atoms with Gasteiger partial charge in [-0.1, -0.05) is 6.92 Å². The van der Waals surface area contributed by atoms with Crippen molar-refractivity contribution in [2.45, 2.75) is 33.1 Å². The maximum Gasteiger partial charge on any atom is 0.309 e. The van der Waals surface area contributed by atoms with E-state index in [9.17, 15) is 15.2 Å². The first-order chi connectivity index (χ1) is 9.54. The Bertz CT molecular complexity index is 555. The zero-order chi connectivity index (χ0) is 14.8. The van der Waals surface area contributed by atoms with Crippen LogP contribution in [0, 0.1) is 23.7 Å². The van der Waals surface area contributed by atoms with Crippen LogP contribution in [0.15, 0.2) is 12.3 Å². The molecule has 0 aromatic carbocycles. The molecule has 5 nitrogen and oxygen atoms in total. The van der Waals surface area contributed by atoms with E-state index in [0.717, 1.165) is 5.56 Å². The summed E-state index contributed by atoms with van der Waals surface area (Å²) in [5.41, 5.74) is 0.877. The van der Waals surface area contributed by atoms with E-state index >= 15 is 0 Å². The normalized spacial score (nSPS) is 17.6. The van der Waals surface area contributed by atoms with Crippen molar-refractivity contribution < 1.29 is 9.90 Å². The van der Waals surface area contributed by atoms with Crippen molar-refractivity contribution in [3.8, 4) is 6.07 Å². The zero-order valence-corrected chi connectivity index (χ0v) is 11.9. The van der Waals surface area contributed by atoms with Gasteiger partial charge in [-0.05, 0) is 37.8 Å². The van der Waals surface area contributed by atoms with E-state index < -0.39 is 11.4 Å². The van der Waals surface area contributed by atoms with Gasteiger partial charge in [-0.25, -0.2) is 4.98 Å². The van der Waals surface area contributed by atoms with E-state index in [1.165, 1.54) is 0 Å². The minimum Gasteiger partial charge on any atom is -0.481 e. The van der Waals surface area contributed by atoms with E-state index in [0.29, 0.717) is 43.7 Å². The molecule has 0 aliphatic carbocycles. The summed E-state index contributed by atoms with van der Waals surface area (Å²) < 4.78 is 0. The number of pyridine rings is 1. The van der Waals surface area contributed by atoms with Crippen molar-refractivity contribution in [1.82, 2.24) is 4.98 Å². The summed E-state index contributed by atoms with van der Waals surface area (Å²) in [6, 6.07) is 4.02. The Morgan fingerprint density at radius 3 is 2.70 bits per heavy atom. The standard InChI is InChI=1S/C15H19N3O2/c1-3-15(14(19)20)5-8-18(9-6-15)13-12(10-16)11(2)4-7-17-13/h4,7H,3,5-6,8-9H2,1-2H3,(H,19,20). The van der Waals surface area contributed by atoms with Crippen LogP contribution in [0.2, 0.25) is 0 Å². The Kier molecular flexibility index (Phi) is 3.93. The fourth-order valence-corrected chi connectivity index (χ4v) is 2.79. The summed E-state index contributed by atoms with van der Waals surface area (Å²) in [5.74, 6) is -0.0278. The number of carbonyl (C=O) groups is 1. The summed E-state index contributed by atoms with van der Waals surface area (Å²) in [4.78, 5) is 17.8. The van der Waals surface area contributed by atoms with Gasteiger partial charge in [0, 0.05) is 19.3 Å². The van der Waals surface area contributed by atoms with Crippen LogP contribution in [0.25, 0.3) is 0 Å². The number of carboxylic acid groups (broad SMARTS) is 1. The Labute approximate surface area is 118 Å². The van der Waals surface area contributed by atoms with Crippen LogP contribution in [0.1, 0.15) is 37.3 Å².